The van der Waals surface area contributed by atoms with Crippen LogP contribution in [0, 0.1) is 22.3 Å². The van der Waals surface area contributed by atoms with E-state index in [4.69, 9.17) is 14.7 Å². The fourth-order valence-corrected chi connectivity index (χ4v) is 6.85. The van der Waals surface area contributed by atoms with Crippen molar-refractivity contribution in [2.45, 2.75) is 118 Å². The number of fused-ring (bicyclic) bond motifs is 1. The van der Waals surface area contributed by atoms with E-state index in [1.807, 2.05) is 6.07 Å². The Morgan fingerprint density at radius 1 is 0.700 bits per heavy atom. The smallest absolute Gasteiger partial charge is 0.671 e. The Balaban J connectivity index is 0.00000312. The van der Waals surface area contributed by atoms with Crippen LogP contribution in [0.4, 0.5) is 5.69 Å². The fraction of sp³-hybridized carbons (Fsp3) is 0.422. The molecular formula is C45H63HfN3O. The minimum atomic E-state index is -0.282. The van der Waals surface area contributed by atoms with Crippen molar-refractivity contribution >= 4 is 16.7 Å². The molecule has 4 nitrogen and oxygen atoms in total. The van der Waals surface area contributed by atoms with Gasteiger partial charge in [-0.25, -0.2) is 4.98 Å². The third kappa shape index (κ3) is 8.75. The van der Waals surface area contributed by atoms with E-state index in [2.05, 4.69) is 143 Å². The van der Waals surface area contributed by atoms with Crippen molar-refractivity contribution in [1.82, 2.24) is 9.55 Å². The van der Waals surface area contributed by atoms with Gasteiger partial charge in [-0.2, -0.15) is 0 Å². The van der Waals surface area contributed by atoms with Gasteiger partial charge in [0.05, 0.1) is 17.1 Å². The van der Waals surface area contributed by atoms with Gasteiger partial charge in [0.25, 0.3) is 0 Å². The molecule has 1 unspecified atom stereocenters. The number of rotatable bonds is 11. The molecule has 0 aliphatic carbocycles. The molecule has 0 bridgehead atoms. The largest absolute Gasteiger partial charge is 4.00 e. The summed E-state index contributed by atoms with van der Waals surface area (Å²) in [7, 11) is 2.13. The molecule has 0 aliphatic heterocycles. The van der Waals surface area contributed by atoms with E-state index in [0.717, 1.165) is 45.9 Å². The number of furan rings is 1. The third-order valence-electron chi connectivity index (χ3n) is 9.45. The van der Waals surface area contributed by atoms with Gasteiger partial charge in [0, 0.05) is 25.1 Å². The number of benzene rings is 3. The number of hydrogen-bond acceptors (Lipinski definition) is 2. The van der Waals surface area contributed by atoms with Crippen molar-refractivity contribution in [3.05, 3.63) is 133 Å². The predicted molar refractivity (Wildman–Crippen MR) is 215 cm³/mol. The maximum Gasteiger partial charge on any atom is 4.00 e. The van der Waals surface area contributed by atoms with E-state index in [1.54, 1.807) is 0 Å². The molecule has 2 heterocycles. The average Bonchev–Trinajstić information content (AvgIpc) is 3.58. The summed E-state index contributed by atoms with van der Waals surface area (Å²) in [6.07, 6.45) is 2.98. The Bertz CT molecular complexity index is 1770. The van der Waals surface area contributed by atoms with Crippen LogP contribution >= 0.6 is 0 Å². The molecule has 0 radical (unpaired) electrons. The van der Waals surface area contributed by atoms with Crippen LogP contribution < -0.4 is 0 Å². The summed E-state index contributed by atoms with van der Waals surface area (Å²) in [5.41, 5.74) is 12.0. The monoisotopic (exact) mass is 841 g/mol. The molecule has 0 N–H and O–H groups in total. The second-order valence-corrected chi connectivity index (χ2v) is 14.5. The first kappa shape index (κ1) is 45.1. The van der Waals surface area contributed by atoms with Gasteiger partial charge in [-0.1, -0.05) is 136 Å². The van der Waals surface area contributed by atoms with Crippen LogP contribution in [0.25, 0.3) is 27.5 Å². The van der Waals surface area contributed by atoms with Gasteiger partial charge in [-0.05, 0) is 64.0 Å². The summed E-state index contributed by atoms with van der Waals surface area (Å²) in [5.74, 6) is 3.72. The van der Waals surface area contributed by atoms with Gasteiger partial charge in [0.15, 0.2) is 0 Å². The quantitative estimate of drug-likeness (QED) is 0.0982. The molecule has 0 saturated carbocycles. The molecule has 3 aromatic carbocycles. The molecule has 2 aromatic heterocycles. The molecule has 5 heteroatoms. The number of imidazole rings is 1. The van der Waals surface area contributed by atoms with Crippen molar-refractivity contribution in [3.8, 4) is 11.3 Å². The van der Waals surface area contributed by atoms with E-state index < -0.39 is 0 Å². The molecule has 5 aromatic rings. The van der Waals surface area contributed by atoms with Crippen LogP contribution in [0.15, 0.2) is 65.2 Å². The van der Waals surface area contributed by atoms with Gasteiger partial charge in [0.2, 0.25) is 0 Å². The number of aryl methyl sites for hydroxylation is 2. The maximum atomic E-state index is 6.34. The summed E-state index contributed by atoms with van der Waals surface area (Å²) in [6.45, 7) is 25.1. The Morgan fingerprint density at radius 3 is 1.70 bits per heavy atom. The first-order valence-electron chi connectivity index (χ1n) is 17.4. The molecule has 0 amide bonds. The minimum absolute atomic E-state index is 0. The van der Waals surface area contributed by atoms with Crippen LogP contribution in [-0.2, 0) is 39.3 Å². The normalized spacial score (nSPS) is 11.9. The maximum absolute atomic E-state index is 6.34. The molecule has 5 rings (SSSR count). The molecule has 0 saturated heterocycles. The Kier molecular flexibility index (Phi) is 16.7. The fourth-order valence-electron chi connectivity index (χ4n) is 6.85. The van der Waals surface area contributed by atoms with Gasteiger partial charge >= 0.3 is 25.8 Å². The standard InChI is InChI=1S/C42H54N3O.3CH3.Hf/c1-13-36-39(32-17-14-15-20-37(32)46-36)35-23-45(12)42(43-35)41(44-40-30(25(4)5)18-16-19-31(40)26(6)7)38-33(27(8)9)21-29(24(2)3)22-34(38)28(10)11;;;;/h14-28,41H,13H2,1-12H3;3*1H3;/q4*-1;+4. The summed E-state index contributed by atoms with van der Waals surface area (Å²) in [4.78, 5) is 5.50. The Labute approximate surface area is 324 Å². The molecule has 1 atom stereocenters. The van der Waals surface area contributed by atoms with Crippen LogP contribution in [0.1, 0.15) is 157 Å². The van der Waals surface area contributed by atoms with Crippen LogP contribution in [0.2, 0.25) is 0 Å². The van der Waals surface area contributed by atoms with Crippen molar-refractivity contribution in [3.63, 3.8) is 0 Å². The summed E-state index contributed by atoms with van der Waals surface area (Å²) in [5, 5.41) is 6.96. The molecule has 50 heavy (non-hydrogen) atoms. The molecular weight excluding hydrogens is 777 g/mol. The van der Waals surface area contributed by atoms with Gasteiger partial charge in [-0.15, -0.1) is 5.69 Å². The van der Waals surface area contributed by atoms with Crippen LogP contribution in [-0.4, -0.2) is 9.55 Å². The Hall–Kier alpha value is -2.92. The summed E-state index contributed by atoms with van der Waals surface area (Å²) in [6, 6.07) is 19.6. The van der Waals surface area contributed by atoms with Crippen molar-refractivity contribution in [2.75, 3.05) is 0 Å². The second-order valence-electron chi connectivity index (χ2n) is 14.5. The van der Waals surface area contributed by atoms with E-state index in [-0.39, 0.29) is 54.2 Å². The van der Waals surface area contributed by atoms with Crippen molar-refractivity contribution in [1.29, 1.82) is 0 Å². The first-order chi connectivity index (χ1) is 21.8. The SMILES string of the molecule is CCc1oc2ccccc2c1-c1cn(C)c(C([N-]c2c(C(C)C)cccc2C(C)C)c2c(C(C)C)cc(C(C)C)cc2C(C)C)n1.[CH3-].[CH3-].[CH3-].[Hf+4]. The molecule has 0 fully saturated rings. The predicted octanol–water partition coefficient (Wildman–Crippen LogP) is 14.2. The molecule has 268 valence electrons. The van der Waals surface area contributed by atoms with E-state index in [0.29, 0.717) is 29.6 Å². The number of nitrogens with zero attached hydrogens (tertiary/aromatic N) is 3. The van der Waals surface area contributed by atoms with Gasteiger partial charge in [0.1, 0.15) is 11.3 Å². The molecule has 0 spiro atoms. The van der Waals surface area contributed by atoms with Gasteiger partial charge in [-0.3, -0.25) is 0 Å². The second kappa shape index (κ2) is 18.5. The van der Waals surface area contributed by atoms with Gasteiger partial charge < -0.3 is 36.6 Å². The summed E-state index contributed by atoms with van der Waals surface area (Å²) < 4.78 is 8.55. The van der Waals surface area contributed by atoms with E-state index in [9.17, 15) is 0 Å². The zero-order valence-electron chi connectivity index (χ0n) is 33.7. The van der Waals surface area contributed by atoms with Crippen LogP contribution in [0.5, 0.6) is 0 Å². The van der Waals surface area contributed by atoms with E-state index in [1.165, 1.54) is 33.4 Å². The number of aromatic nitrogens is 2. The van der Waals surface area contributed by atoms with Crippen LogP contribution in [0.3, 0.4) is 0 Å². The van der Waals surface area contributed by atoms with Crippen molar-refractivity contribution < 1.29 is 30.3 Å². The van der Waals surface area contributed by atoms with E-state index >= 15 is 0 Å². The zero-order valence-corrected chi connectivity index (χ0v) is 37.3. The minimum Gasteiger partial charge on any atom is -0.671 e. The topological polar surface area (TPSA) is 45.1 Å². The third-order valence-corrected chi connectivity index (χ3v) is 9.45. The first-order valence-corrected chi connectivity index (χ1v) is 17.4. The zero-order chi connectivity index (χ0) is 33.4. The van der Waals surface area contributed by atoms with Crippen molar-refractivity contribution in [2.24, 2.45) is 7.05 Å². The number of hydrogen-bond donors (Lipinski definition) is 0. The molecule has 0 aliphatic rings. The average molecular weight is 841 g/mol. The number of para-hydroxylation sites is 2. The summed E-state index contributed by atoms with van der Waals surface area (Å²) >= 11 is 0. The Morgan fingerprint density at radius 2 is 1.22 bits per heavy atom.